The Balaban J connectivity index is 1.46. The van der Waals surface area contributed by atoms with Crippen molar-refractivity contribution in [1.82, 2.24) is 0 Å². The molecule has 1 fully saturated rings. The summed E-state index contributed by atoms with van der Waals surface area (Å²) >= 11 is 0. The second-order valence-electron chi connectivity index (χ2n) is 10.7. The molecule has 0 spiro atoms. The minimum atomic E-state index is -0.760. The normalized spacial score (nSPS) is 20.4. The molecule has 4 aromatic carbocycles. The van der Waals surface area contributed by atoms with Crippen molar-refractivity contribution in [2.75, 3.05) is 13.2 Å². The van der Waals surface area contributed by atoms with E-state index in [4.69, 9.17) is 28.4 Å². The molecule has 1 aliphatic rings. The van der Waals surface area contributed by atoms with Crippen LogP contribution < -0.4 is 0 Å². The monoisotopic (exact) mass is 608 g/mol. The van der Waals surface area contributed by atoms with Crippen molar-refractivity contribution in [2.24, 2.45) is 0 Å². The number of hydrogen-bond donors (Lipinski definition) is 0. The summed E-state index contributed by atoms with van der Waals surface area (Å²) < 4.78 is 37.8. The van der Waals surface area contributed by atoms with Gasteiger partial charge in [0.1, 0.15) is 24.1 Å². The summed E-state index contributed by atoms with van der Waals surface area (Å²) in [6, 6.07) is 39.7. The van der Waals surface area contributed by atoms with E-state index in [1.54, 1.807) is 6.92 Å². The first kappa shape index (κ1) is 32.1. The predicted molar refractivity (Wildman–Crippen MR) is 171 cm³/mol. The Hall–Kier alpha value is -4.27. The van der Waals surface area contributed by atoms with Crippen molar-refractivity contribution in [3.05, 3.63) is 155 Å². The average molecular weight is 609 g/mol. The number of carbonyl (C=O) groups is 1. The van der Waals surface area contributed by atoms with Gasteiger partial charge in [0.15, 0.2) is 6.10 Å². The molecule has 1 heterocycles. The SMILES string of the molecule is CCOC(=O)/C=C1/O[C@H](COCc2ccccc2)[C@@H](OCc2ccccc2)[C@H](OCc2ccccc2)[C@H]1OCc1ccccc1. The molecule has 0 unspecified atom stereocenters. The van der Waals surface area contributed by atoms with Crippen LogP contribution in [0.5, 0.6) is 0 Å². The van der Waals surface area contributed by atoms with Crippen LogP contribution in [0.1, 0.15) is 29.2 Å². The van der Waals surface area contributed by atoms with E-state index in [9.17, 15) is 4.79 Å². The fraction of sp³-hybridized carbons (Fsp3) is 0.289. The summed E-state index contributed by atoms with van der Waals surface area (Å²) in [5.41, 5.74) is 4.03. The zero-order valence-electron chi connectivity index (χ0n) is 25.5. The van der Waals surface area contributed by atoms with Gasteiger partial charge < -0.3 is 28.4 Å². The standard InChI is InChI=1S/C38H40O7/c1-2-41-35(39)23-33-36(42-25-30-17-9-4-10-18-30)38(44-27-32-21-13-6-14-22-32)37(43-26-31-19-11-5-12-20-31)34(45-33)28-40-24-29-15-7-3-8-16-29/h3-23,34,36-38H,2,24-28H2,1H3/b33-23+/t34-,36+,37-,38-/m1/s1. The van der Waals surface area contributed by atoms with Gasteiger partial charge in [-0.2, -0.15) is 0 Å². The molecule has 7 nitrogen and oxygen atoms in total. The van der Waals surface area contributed by atoms with Crippen LogP contribution >= 0.6 is 0 Å². The van der Waals surface area contributed by atoms with Gasteiger partial charge in [-0.1, -0.05) is 121 Å². The largest absolute Gasteiger partial charge is 0.486 e. The molecule has 4 aromatic rings. The molecule has 0 radical (unpaired) electrons. The maximum Gasteiger partial charge on any atom is 0.334 e. The molecule has 7 heteroatoms. The van der Waals surface area contributed by atoms with Crippen LogP contribution in [0.15, 0.2) is 133 Å². The maximum absolute atomic E-state index is 12.8. The molecule has 45 heavy (non-hydrogen) atoms. The number of esters is 1. The molecule has 0 bridgehead atoms. The van der Waals surface area contributed by atoms with Gasteiger partial charge in [0.2, 0.25) is 0 Å². The van der Waals surface area contributed by atoms with Crippen LogP contribution in [-0.4, -0.2) is 43.6 Å². The first-order valence-corrected chi connectivity index (χ1v) is 15.3. The zero-order valence-corrected chi connectivity index (χ0v) is 25.5. The van der Waals surface area contributed by atoms with Gasteiger partial charge in [0, 0.05) is 0 Å². The second kappa shape index (κ2) is 17.3. The Kier molecular flexibility index (Phi) is 12.3. The van der Waals surface area contributed by atoms with Crippen LogP contribution in [-0.2, 0) is 59.6 Å². The highest BCUT2D eigenvalue weighted by atomic mass is 16.6. The topological polar surface area (TPSA) is 72.5 Å². The van der Waals surface area contributed by atoms with Crippen LogP contribution in [0.3, 0.4) is 0 Å². The smallest absolute Gasteiger partial charge is 0.334 e. The quantitative estimate of drug-likeness (QED) is 0.109. The predicted octanol–water partition coefficient (Wildman–Crippen LogP) is 6.81. The lowest BCUT2D eigenvalue weighted by atomic mass is 9.96. The Morgan fingerprint density at radius 1 is 0.622 bits per heavy atom. The Bertz CT molecular complexity index is 1440. The van der Waals surface area contributed by atoms with E-state index in [0.717, 1.165) is 22.3 Å². The second-order valence-corrected chi connectivity index (χ2v) is 10.7. The van der Waals surface area contributed by atoms with Gasteiger partial charge in [0.05, 0.1) is 45.7 Å². The van der Waals surface area contributed by atoms with Crippen molar-refractivity contribution in [3.63, 3.8) is 0 Å². The number of hydrogen-bond acceptors (Lipinski definition) is 7. The highest BCUT2D eigenvalue weighted by Gasteiger charge is 2.47. The fourth-order valence-corrected chi connectivity index (χ4v) is 5.12. The Labute approximate surface area is 265 Å². The lowest BCUT2D eigenvalue weighted by Crippen LogP contribution is -2.56. The lowest BCUT2D eigenvalue weighted by molar-refractivity contribution is -0.223. The third-order valence-electron chi connectivity index (χ3n) is 7.34. The van der Waals surface area contributed by atoms with E-state index in [1.165, 1.54) is 6.08 Å². The summed E-state index contributed by atoms with van der Waals surface area (Å²) in [5.74, 6) is -0.203. The molecule has 4 atom stereocenters. The molecular formula is C38H40O7. The Morgan fingerprint density at radius 3 is 1.56 bits per heavy atom. The van der Waals surface area contributed by atoms with Crippen molar-refractivity contribution >= 4 is 5.97 Å². The zero-order chi connectivity index (χ0) is 31.1. The fourth-order valence-electron chi connectivity index (χ4n) is 5.12. The van der Waals surface area contributed by atoms with Gasteiger partial charge >= 0.3 is 5.97 Å². The van der Waals surface area contributed by atoms with Crippen molar-refractivity contribution < 1.29 is 33.2 Å². The summed E-state index contributed by atoms with van der Waals surface area (Å²) in [7, 11) is 0. The molecule has 5 rings (SSSR count). The summed E-state index contributed by atoms with van der Waals surface area (Å²) in [6.07, 6.45) is -1.24. The summed E-state index contributed by atoms with van der Waals surface area (Å²) in [4.78, 5) is 12.8. The average Bonchev–Trinajstić information content (AvgIpc) is 3.08. The van der Waals surface area contributed by atoms with E-state index in [2.05, 4.69) is 0 Å². The highest BCUT2D eigenvalue weighted by molar-refractivity contribution is 5.82. The number of ether oxygens (including phenoxy) is 6. The minimum absolute atomic E-state index is 0.200. The van der Waals surface area contributed by atoms with Crippen LogP contribution in [0.25, 0.3) is 0 Å². The van der Waals surface area contributed by atoms with Crippen molar-refractivity contribution in [3.8, 4) is 0 Å². The third kappa shape index (κ3) is 9.86. The van der Waals surface area contributed by atoms with E-state index < -0.39 is 30.4 Å². The van der Waals surface area contributed by atoms with Crippen molar-refractivity contribution in [2.45, 2.75) is 57.8 Å². The van der Waals surface area contributed by atoms with E-state index in [-0.39, 0.29) is 19.8 Å². The first-order valence-electron chi connectivity index (χ1n) is 15.3. The third-order valence-corrected chi connectivity index (χ3v) is 7.34. The van der Waals surface area contributed by atoms with E-state index >= 15 is 0 Å². The van der Waals surface area contributed by atoms with E-state index in [0.29, 0.717) is 25.6 Å². The number of rotatable bonds is 15. The Morgan fingerprint density at radius 2 is 1.07 bits per heavy atom. The van der Waals surface area contributed by atoms with Gasteiger partial charge in [-0.3, -0.25) is 0 Å². The molecule has 0 N–H and O–H groups in total. The molecule has 1 aliphatic heterocycles. The van der Waals surface area contributed by atoms with Gasteiger partial charge in [0.25, 0.3) is 0 Å². The highest BCUT2D eigenvalue weighted by Crippen LogP contribution is 2.33. The van der Waals surface area contributed by atoms with Crippen LogP contribution in [0, 0.1) is 0 Å². The lowest BCUT2D eigenvalue weighted by Gasteiger charge is -2.43. The number of carbonyl (C=O) groups excluding carboxylic acids is 1. The molecule has 0 saturated carbocycles. The molecule has 0 aromatic heterocycles. The van der Waals surface area contributed by atoms with E-state index in [1.807, 2.05) is 121 Å². The molecule has 234 valence electrons. The molecule has 1 saturated heterocycles. The van der Waals surface area contributed by atoms with Crippen LogP contribution in [0.4, 0.5) is 0 Å². The van der Waals surface area contributed by atoms with Crippen molar-refractivity contribution in [1.29, 1.82) is 0 Å². The summed E-state index contributed by atoms with van der Waals surface area (Å²) in [5, 5.41) is 0. The minimum Gasteiger partial charge on any atom is -0.486 e. The molecule has 0 amide bonds. The maximum atomic E-state index is 12.8. The first-order chi connectivity index (χ1) is 22.2. The van der Waals surface area contributed by atoms with Crippen LogP contribution in [0.2, 0.25) is 0 Å². The summed E-state index contributed by atoms with van der Waals surface area (Å²) in [6.45, 7) is 3.52. The van der Waals surface area contributed by atoms with Gasteiger partial charge in [-0.15, -0.1) is 0 Å². The van der Waals surface area contributed by atoms with Gasteiger partial charge in [-0.05, 0) is 29.2 Å². The molecule has 0 aliphatic carbocycles. The van der Waals surface area contributed by atoms with Gasteiger partial charge in [-0.25, -0.2) is 4.79 Å². The molecular weight excluding hydrogens is 568 g/mol. The number of benzene rings is 4.